The van der Waals surface area contributed by atoms with Gasteiger partial charge < -0.3 is 10.6 Å². The van der Waals surface area contributed by atoms with Gasteiger partial charge in [-0.15, -0.1) is 0 Å². The molecule has 0 saturated carbocycles. The number of hydrogen-bond acceptors (Lipinski definition) is 3. The van der Waals surface area contributed by atoms with Crippen molar-refractivity contribution < 1.29 is 4.79 Å². The van der Waals surface area contributed by atoms with E-state index in [1.807, 2.05) is 11.8 Å². The monoisotopic (exact) mass is 227 g/mol. The third-order valence-electron chi connectivity index (χ3n) is 3.67. The summed E-state index contributed by atoms with van der Waals surface area (Å²) in [6.45, 7) is 8.00. The first-order valence-electron chi connectivity index (χ1n) is 6.21. The van der Waals surface area contributed by atoms with Gasteiger partial charge in [0, 0.05) is 37.6 Å². The van der Waals surface area contributed by atoms with Crippen molar-refractivity contribution in [2.24, 2.45) is 5.73 Å². The molecule has 0 aromatic carbocycles. The minimum atomic E-state index is 0.0118. The number of nitrogens with two attached hydrogens (primary N) is 1. The van der Waals surface area contributed by atoms with Crippen LogP contribution in [0.3, 0.4) is 0 Å². The van der Waals surface area contributed by atoms with Gasteiger partial charge in [-0.3, -0.25) is 9.69 Å². The smallest absolute Gasteiger partial charge is 0.224 e. The predicted molar refractivity (Wildman–Crippen MR) is 66.2 cm³/mol. The van der Waals surface area contributed by atoms with Crippen molar-refractivity contribution >= 4 is 5.91 Å². The quantitative estimate of drug-likeness (QED) is 0.771. The summed E-state index contributed by atoms with van der Waals surface area (Å²) in [5.41, 5.74) is 5.82. The molecule has 0 aromatic heterocycles. The molecule has 0 spiro atoms. The van der Waals surface area contributed by atoms with Crippen LogP contribution in [0.1, 0.15) is 33.6 Å². The van der Waals surface area contributed by atoms with Crippen LogP contribution in [0, 0.1) is 0 Å². The largest absolute Gasteiger partial charge is 0.340 e. The van der Waals surface area contributed by atoms with E-state index in [1.165, 1.54) is 0 Å². The zero-order chi connectivity index (χ0) is 12.3. The van der Waals surface area contributed by atoms with Crippen LogP contribution >= 0.6 is 0 Å². The van der Waals surface area contributed by atoms with E-state index in [1.54, 1.807) is 0 Å². The molecule has 1 fully saturated rings. The van der Waals surface area contributed by atoms with Crippen molar-refractivity contribution in [2.75, 3.05) is 20.1 Å². The van der Waals surface area contributed by atoms with Crippen molar-refractivity contribution in [3.63, 3.8) is 0 Å². The molecule has 1 aliphatic heterocycles. The number of likely N-dealkylation sites (N-methyl/N-ethyl adjacent to an activating group) is 1. The molecule has 0 aromatic rings. The van der Waals surface area contributed by atoms with Gasteiger partial charge in [0.25, 0.3) is 0 Å². The molecule has 4 heteroatoms. The third kappa shape index (κ3) is 3.19. The van der Waals surface area contributed by atoms with Crippen LogP contribution < -0.4 is 5.73 Å². The Labute approximate surface area is 98.8 Å². The van der Waals surface area contributed by atoms with Gasteiger partial charge in [-0.25, -0.2) is 0 Å². The molecule has 1 amide bonds. The normalized spacial score (nSPS) is 29.2. The highest BCUT2D eigenvalue weighted by Crippen LogP contribution is 2.14. The maximum absolute atomic E-state index is 12.0. The second kappa shape index (κ2) is 5.64. The van der Waals surface area contributed by atoms with Gasteiger partial charge in [0.2, 0.25) is 5.91 Å². The minimum Gasteiger partial charge on any atom is -0.340 e. The van der Waals surface area contributed by atoms with Gasteiger partial charge in [-0.2, -0.15) is 0 Å². The van der Waals surface area contributed by atoms with Crippen LogP contribution in [0.25, 0.3) is 0 Å². The molecule has 4 nitrogen and oxygen atoms in total. The molecule has 94 valence electrons. The first-order chi connectivity index (χ1) is 7.45. The van der Waals surface area contributed by atoms with E-state index < -0.39 is 0 Å². The van der Waals surface area contributed by atoms with Crippen molar-refractivity contribution in [1.29, 1.82) is 0 Å². The summed E-state index contributed by atoms with van der Waals surface area (Å²) in [6.07, 6.45) is 1.35. The second-order valence-electron chi connectivity index (χ2n) is 5.03. The van der Waals surface area contributed by atoms with E-state index in [0.717, 1.165) is 19.5 Å². The molecule has 16 heavy (non-hydrogen) atoms. The van der Waals surface area contributed by atoms with Crippen LogP contribution in [0.4, 0.5) is 0 Å². The van der Waals surface area contributed by atoms with Gasteiger partial charge in [-0.1, -0.05) is 6.92 Å². The van der Waals surface area contributed by atoms with Crippen LogP contribution in [-0.4, -0.2) is 54.0 Å². The molecule has 1 heterocycles. The lowest BCUT2D eigenvalue weighted by Crippen LogP contribution is -2.56. The van der Waals surface area contributed by atoms with E-state index in [0.29, 0.717) is 18.5 Å². The van der Waals surface area contributed by atoms with Gasteiger partial charge >= 0.3 is 0 Å². The lowest BCUT2D eigenvalue weighted by atomic mass is 10.1. The average molecular weight is 227 g/mol. The zero-order valence-electron chi connectivity index (χ0n) is 10.9. The molecule has 3 unspecified atom stereocenters. The topological polar surface area (TPSA) is 49.6 Å². The molecule has 1 aliphatic rings. The molecule has 1 rings (SSSR count). The Morgan fingerprint density at radius 3 is 2.31 bits per heavy atom. The number of rotatable bonds is 3. The van der Waals surface area contributed by atoms with Crippen molar-refractivity contribution in [2.45, 2.75) is 51.7 Å². The van der Waals surface area contributed by atoms with Gasteiger partial charge in [-0.05, 0) is 27.3 Å². The second-order valence-corrected chi connectivity index (χ2v) is 5.03. The summed E-state index contributed by atoms with van der Waals surface area (Å²) >= 11 is 0. The fourth-order valence-corrected chi connectivity index (χ4v) is 2.11. The first kappa shape index (κ1) is 13.5. The van der Waals surface area contributed by atoms with Gasteiger partial charge in [0.15, 0.2) is 0 Å². The first-order valence-corrected chi connectivity index (χ1v) is 6.21. The summed E-state index contributed by atoms with van der Waals surface area (Å²) < 4.78 is 0. The molecule has 1 saturated heterocycles. The molecule has 0 radical (unpaired) electrons. The maximum Gasteiger partial charge on any atom is 0.224 e. The number of carbonyl (C=O) groups is 1. The molecular formula is C12H25N3O. The molecule has 0 bridgehead atoms. The van der Waals surface area contributed by atoms with E-state index >= 15 is 0 Å². The molecule has 0 aliphatic carbocycles. The van der Waals surface area contributed by atoms with E-state index in [4.69, 9.17) is 5.73 Å². The third-order valence-corrected chi connectivity index (χ3v) is 3.67. The van der Waals surface area contributed by atoms with Crippen LogP contribution in [-0.2, 0) is 4.79 Å². The Bertz CT molecular complexity index is 232. The van der Waals surface area contributed by atoms with E-state index in [-0.39, 0.29) is 11.9 Å². The molecule has 3 atom stereocenters. The summed E-state index contributed by atoms with van der Waals surface area (Å²) in [5, 5.41) is 0. The van der Waals surface area contributed by atoms with Crippen molar-refractivity contribution in [3.8, 4) is 0 Å². The Kier molecular flexibility index (Phi) is 4.74. The number of hydrogen-bond donors (Lipinski definition) is 1. The molecule has 2 N–H and O–H groups in total. The van der Waals surface area contributed by atoms with Crippen molar-refractivity contribution in [3.05, 3.63) is 0 Å². The van der Waals surface area contributed by atoms with Gasteiger partial charge in [0.05, 0.1) is 0 Å². The van der Waals surface area contributed by atoms with E-state index in [2.05, 4.69) is 25.8 Å². The Morgan fingerprint density at radius 1 is 1.38 bits per heavy atom. The van der Waals surface area contributed by atoms with E-state index in [9.17, 15) is 4.79 Å². The average Bonchev–Trinajstić information content (AvgIpc) is 2.24. The van der Waals surface area contributed by atoms with Crippen molar-refractivity contribution in [1.82, 2.24) is 9.80 Å². The highest BCUT2D eigenvalue weighted by molar-refractivity contribution is 5.77. The highest BCUT2D eigenvalue weighted by Gasteiger charge is 2.29. The number of piperazine rings is 1. The lowest BCUT2D eigenvalue weighted by Gasteiger charge is -2.42. The fourth-order valence-electron chi connectivity index (χ4n) is 2.11. The summed E-state index contributed by atoms with van der Waals surface area (Å²) in [7, 11) is 2.12. The minimum absolute atomic E-state index is 0.0118. The lowest BCUT2D eigenvalue weighted by molar-refractivity contribution is -0.135. The fraction of sp³-hybridized carbons (Fsp3) is 0.917. The Hall–Kier alpha value is -0.610. The zero-order valence-corrected chi connectivity index (χ0v) is 10.9. The summed E-state index contributed by atoms with van der Waals surface area (Å²) in [6, 6.07) is 0.883. The van der Waals surface area contributed by atoms with Crippen LogP contribution in [0.15, 0.2) is 0 Å². The summed E-state index contributed by atoms with van der Waals surface area (Å²) in [5.74, 6) is 0.209. The number of carbonyl (C=O) groups excluding carboxylic acids is 1. The maximum atomic E-state index is 12.0. The number of amides is 1. The van der Waals surface area contributed by atoms with Crippen LogP contribution in [0.5, 0.6) is 0 Å². The predicted octanol–water partition coefficient (Wildman–Crippen LogP) is 0.665. The molecular weight excluding hydrogens is 202 g/mol. The number of nitrogens with zero attached hydrogens (tertiary/aromatic N) is 2. The van der Waals surface area contributed by atoms with Crippen LogP contribution in [0.2, 0.25) is 0 Å². The highest BCUT2D eigenvalue weighted by atomic mass is 16.2. The van der Waals surface area contributed by atoms with Gasteiger partial charge in [0.1, 0.15) is 0 Å². The Morgan fingerprint density at radius 2 is 1.88 bits per heavy atom. The Balaban J connectivity index is 2.51. The summed E-state index contributed by atoms with van der Waals surface area (Å²) in [4.78, 5) is 16.3. The standard InChI is InChI=1S/C12H25N3O/c1-5-11(13)6-12(16)15-7-9(2)14(4)10(3)8-15/h9-11H,5-8,13H2,1-4H3. The SMILES string of the molecule is CCC(N)CC(=O)N1CC(C)N(C)C(C)C1.